The fourth-order valence-electron chi connectivity index (χ4n) is 2.74. The molecule has 1 N–H and O–H groups in total. The third kappa shape index (κ3) is 4.03. The molecule has 1 aromatic carbocycles. The van der Waals surface area contributed by atoms with E-state index in [1.807, 2.05) is 18.7 Å². The van der Waals surface area contributed by atoms with Gasteiger partial charge in [-0.05, 0) is 31.6 Å². The molecule has 0 aromatic heterocycles. The Morgan fingerprint density at radius 3 is 2.90 bits per heavy atom. The lowest BCUT2D eigenvalue weighted by atomic mass is 10.2. The van der Waals surface area contributed by atoms with Crippen LogP contribution in [0.5, 0.6) is 5.75 Å². The number of ether oxygens (including phenoxy) is 1. The molecule has 0 bridgehead atoms. The minimum Gasteiger partial charge on any atom is -0.487 e. The first-order chi connectivity index (χ1) is 10.2. The first-order valence-corrected chi connectivity index (χ1v) is 8.50. The van der Waals surface area contributed by atoms with Crippen molar-refractivity contribution in [2.24, 2.45) is 0 Å². The van der Waals surface area contributed by atoms with Crippen molar-refractivity contribution in [2.75, 3.05) is 17.7 Å². The molecule has 1 fully saturated rings. The highest BCUT2D eigenvalue weighted by atomic mass is 32.2. The van der Waals surface area contributed by atoms with Gasteiger partial charge in [-0.1, -0.05) is 13.3 Å². The molecule has 1 aromatic rings. The summed E-state index contributed by atoms with van der Waals surface area (Å²) in [4.78, 5) is 10.6. The molecule has 5 nitrogen and oxygen atoms in total. The van der Waals surface area contributed by atoms with Gasteiger partial charge in [0, 0.05) is 29.1 Å². The third-order valence-corrected chi connectivity index (χ3v) is 4.97. The summed E-state index contributed by atoms with van der Waals surface area (Å²) in [7, 11) is 0. The standard InChI is InChI=1S/C15H22N2O3S/c1-3-20-14-10-11(8-9-13(14)17(18)19)16-12-6-5-7-15(12)21-4-2/h8-10,12,15-16H,3-7H2,1-2H3. The number of thioether (sulfide) groups is 1. The molecular formula is C15H22N2O3S. The number of nitro benzene ring substituents is 1. The highest BCUT2D eigenvalue weighted by molar-refractivity contribution is 7.99. The molecule has 21 heavy (non-hydrogen) atoms. The normalized spacial score (nSPS) is 21.2. The van der Waals surface area contributed by atoms with Crippen LogP contribution in [0, 0.1) is 10.1 Å². The molecular weight excluding hydrogens is 288 g/mol. The summed E-state index contributed by atoms with van der Waals surface area (Å²) in [6.07, 6.45) is 3.63. The molecule has 0 heterocycles. The number of hydrogen-bond donors (Lipinski definition) is 1. The van der Waals surface area contributed by atoms with Crippen molar-refractivity contribution in [3.8, 4) is 5.75 Å². The smallest absolute Gasteiger partial charge is 0.311 e. The summed E-state index contributed by atoms with van der Waals surface area (Å²) in [5, 5.41) is 15.1. The Morgan fingerprint density at radius 1 is 1.43 bits per heavy atom. The Morgan fingerprint density at radius 2 is 2.24 bits per heavy atom. The zero-order chi connectivity index (χ0) is 15.2. The first kappa shape index (κ1) is 15.9. The maximum atomic E-state index is 11.0. The average Bonchev–Trinajstić information content (AvgIpc) is 2.87. The van der Waals surface area contributed by atoms with E-state index in [1.54, 1.807) is 12.1 Å². The monoisotopic (exact) mass is 310 g/mol. The van der Waals surface area contributed by atoms with Crippen LogP contribution in [0.4, 0.5) is 11.4 Å². The van der Waals surface area contributed by atoms with Gasteiger partial charge >= 0.3 is 5.69 Å². The Bertz CT molecular complexity index is 496. The SMILES string of the molecule is CCOc1cc(NC2CCCC2SCC)ccc1[N+](=O)[O-]. The maximum Gasteiger partial charge on any atom is 0.311 e. The number of nitrogens with one attached hydrogen (secondary N) is 1. The minimum atomic E-state index is -0.403. The summed E-state index contributed by atoms with van der Waals surface area (Å²) in [6, 6.07) is 5.47. The fraction of sp³-hybridized carbons (Fsp3) is 0.600. The second kappa shape index (κ2) is 7.54. The van der Waals surface area contributed by atoms with Crippen LogP contribution in [0.15, 0.2) is 18.2 Å². The fourth-order valence-corrected chi connectivity index (χ4v) is 3.94. The lowest BCUT2D eigenvalue weighted by Crippen LogP contribution is -2.26. The van der Waals surface area contributed by atoms with Gasteiger partial charge in [-0.3, -0.25) is 10.1 Å². The van der Waals surface area contributed by atoms with E-state index in [1.165, 1.54) is 18.9 Å². The van der Waals surface area contributed by atoms with E-state index in [4.69, 9.17) is 4.74 Å². The molecule has 0 saturated heterocycles. The average molecular weight is 310 g/mol. The van der Waals surface area contributed by atoms with E-state index in [-0.39, 0.29) is 5.69 Å². The highest BCUT2D eigenvalue weighted by Crippen LogP contribution is 2.35. The van der Waals surface area contributed by atoms with E-state index in [0.29, 0.717) is 23.6 Å². The van der Waals surface area contributed by atoms with Crippen LogP contribution in [0.3, 0.4) is 0 Å². The second-order valence-corrected chi connectivity index (χ2v) is 6.56. The molecule has 116 valence electrons. The van der Waals surface area contributed by atoms with Crippen molar-refractivity contribution in [1.29, 1.82) is 0 Å². The Labute approximate surface area is 129 Å². The molecule has 1 saturated carbocycles. The van der Waals surface area contributed by atoms with Crippen LogP contribution in [0.1, 0.15) is 33.1 Å². The van der Waals surface area contributed by atoms with E-state index >= 15 is 0 Å². The van der Waals surface area contributed by atoms with Crippen LogP contribution >= 0.6 is 11.8 Å². The van der Waals surface area contributed by atoms with Gasteiger partial charge in [-0.2, -0.15) is 11.8 Å². The molecule has 6 heteroatoms. The van der Waals surface area contributed by atoms with Crippen molar-refractivity contribution in [3.63, 3.8) is 0 Å². The lowest BCUT2D eigenvalue weighted by Gasteiger charge is -2.21. The van der Waals surface area contributed by atoms with Gasteiger partial charge < -0.3 is 10.1 Å². The van der Waals surface area contributed by atoms with Gasteiger partial charge in [-0.15, -0.1) is 0 Å². The van der Waals surface area contributed by atoms with Crippen LogP contribution in [0.2, 0.25) is 0 Å². The summed E-state index contributed by atoms with van der Waals surface area (Å²) in [5.74, 6) is 1.46. The summed E-state index contributed by atoms with van der Waals surface area (Å²) >= 11 is 1.99. The summed E-state index contributed by atoms with van der Waals surface area (Å²) < 4.78 is 5.39. The molecule has 1 aliphatic rings. The number of benzene rings is 1. The second-order valence-electron chi connectivity index (χ2n) is 5.05. The van der Waals surface area contributed by atoms with E-state index in [2.05, 4.69) is 12.2 Å². The largest absolute Gasteiger partial charge is 0.487 e. The van der Waals surface area contributed by atoms with Crippen molar-refractivity contribution >= 4 is 23.1 Å². The number of hydrogen-bond acceptors (Lipinski definition) is 5. The predicted molar refractivity (Wildman–Crippen MR) is 87.4 cm³/mol. The topological polar surface area (TPSA) is 64.4 Å². The van der Waals surface area contributed by atoms with E-state index in [9.17, 15) is 10.1 Å². The van der Waals surface area contributed by atoms with Crippen LogP contribution in [-0.4, -0.2) is 28.6 Å². The Kier molecular flexibility index (Phi) is 5.73. The van der Waals surface area contributed by atoms with Crippen LogP contribution in [-0.2, 0) is 0 Å². The Hall–Kier alpha value is -1.43. The first-order valence-electron chi connectivity index (χ1n) is 7.45. The van der Waals surface area contributed by atoms with Gasteiger partial charge in [0.15, 0.2) is 5.75 Å². The van der Waals surface area contributed by atoms with Gasteiger partial charge in [0.05, 0.1) is 11.5 Å². The summed E-state index contributed by atoms with van der Waals surface area (Å²) in [5.41, 5.74) is 0.922. The lowest BCUT2D eigenvalue weighted by molar-refractivity contribution is -0.385. The quantitative estimate of drug-likeness (QED) is 0.607. The van der Waals surface area contributed by atoms with E-state index in [0.717, 1.165) is 17.9 Å². The molecule has 0 spiro atoms. The maximum absolute atomic E-state index is 11.0. The Balaban J connectivity index is 2.13. The highest BCUT2D eigenvalue weighted by Gasteiger charge is 2.27. The zero-order valence-electron chi connectivity index (χ0n) is 12.5. The molecule has 0 radical (unpaired) electrons. The predicted octanol–water partition coefficient (Wildman–Crippen LogP) is 4.08. The molecule has 2 unspecified atom stereocenters. The molecule has 0 amide bonds. The number of nitrogens with zero attached hydrogens (tertiary/aromatic N) is 1. The van der Waals surface area contributed by atoms with Gasteiger partial charge in [0.1, 0.15) is 0 Å². The molecule has 2 rings (SSSR count). The van der Waals surface area contributed by atoms with Crippen molar-refractivity contribution in [2.45, 2.75) is 44.4 Å². The summed E-state index contributed by atoms with van der Waals surface area (Å²) in [6.45, 7) is 4.43. The molecule has 0 aliphatic heterocycles. The van der Waals surface area contributed by atoms with Crippen LogP contribution < -0.4 is 10.1 Å². The number of nitro groups is 1. The molecule has 2 atom stereocenters. The zero-order valence-corrected chi connectivity index (χ0v) is 13.3. The van der Waals surface area contributed by atoms with Gasteiger partial charge in [0.25, 0.3) is 0 Å². The van der Waals surface area contributed by atoms with Gasteiger partial charge in [0.2, 0.25) is 0 Å². The van der Waals surface area contributed by atoms with E-state index < -0.39 is 4.92 Å². The number of anilines is 1. The third-order valence-electron chi connectivity index (χ3n) is 3.64. The molecule has 1 aliphatic carbocycles. The number of rotatable bonds is 7. The van der Waals surface area contributed by atoms with Crippen molar-refractivity contribution in [3.05, 3.63) is 28.3 Å². The minimum absolute atomic E-state index is 0.0216. The van der Waals surface area contributed by atoms with Gasteiger partial charge in [-0.25, -0.2) is 0 Å². The van der Waals surface area contributed by atoms with Crippen LogP contribution in [0.25, 0.3) is 0 Å². The van der Waals surface area contributed by atoms with Crippen molar-refractivity contribution in [1.82, 2.24) is 0 Å². The van der Waals surface area contributed by atoms with Crippen molar-refractivity contribution < 1.29 is 9.66 Å².